The number of aliphatic hydroxyl groups is 2. The summed E-state index contributed by atoms with van der Waals surface area (Å²) < 4.78 is 6.18. The Morgan fingerprint density at radius 3 is 2.43 bits per heavy atom. The SMILES string of the molecule is CCN(CCO)C1C(O)c2cc(C)c(C)cc2OC1(C)C. The molecule has 2 N–H and O–H groups in total. The van der Waals surface area contributed by atoms with Gasteiger partial charge in [-0.25, -0.2) is 0 Å². The molecular weight excluding hydrogens is 266 g/mol. The third-order valence-corrected chi connectivity index (χ3v) is 4.52. The van der Waals surface area contributed by atoms with Crippen molar-refractivity contribution in [2.75, 3.05) is 19.7 Å². The Labute approximate surface area is 127 Å². The Morgan fingerprint density at radius 1 is 1.24 bits per heavy atom. The predicted molar refractivity (Wildman–Crippen MR) is 83.7 cm³/mol. The predicted octanol–water partition coefficient (Wildman–Crippen LogP) is 2.19. The van der Waals surface area contributed by atoms with Crippen molar-refractivity contribution < 1.29 is 14.9 Å². The van der Waals surface area contributed by atoms with E-state index in [1.807, 2.05) is 39.8 Å². The van der Waals surface area contributed by atoms with Crippen molar-refractivity contribution in [1.29, 1.82) is 0 Å². The number of rotatable bonds is 4. The van der Waals surface area contributed by atoms with Gasteiger partial charge in [-0.1, -0.05) is 6.92 Å². The molecular formula is C17H27NO3. The van der Waals surface area contributed by atoms with Gasteiger partial charge in [-0.05, 0) is 57.5 Å². The van der Waals surface area contributed by atoms with E-state index < -0.39 is 11.7 Å². The molecule has 21 heavy (non-hydrogen) atoms. The molecule has 0 radical (unpaired) electrons. The molecule has 0 bridgehead atoms. The lowest BCUT2D eigenvalue weighted by Crippen LogP contribution is -2.58. The molecule has 1 heterocycles. The van der Waals surface area contributed by atoms with Crippen LogP contribution in [0, 0.1) is 13.8 Å². The highest BCUT2D eigenvalue weighted by molar-refractivity contribution is 5.45. The Balaban J connectivity index is 2.46. The van der Waals surface area contributed by atoms with Crippen molar-refractivity contribution in [2.45, 2.75) is 52.4 Å². The second-order valence-electron chi connectivity index (χ2n) is 6.42. The van der Waals surface area contributed by atoms with E-state index in [1.165, 1.54) is 0 Å². The highest BCUT2D eigenvalue weighted by Crippen LogP contribution is 2.43. The van der Waals surface area contributed by atoms with Crippen molar-refractivity contribution in [3.8, 4) is 5.75 Å². The fourth-order valence-corrected chi connectivity index (χ4v) is 3.29. The van der Waals surface area contributed by atoms with E-state index in [9.17, 15) is 10.2 Å². The summed E-state index contributed by atoms with van der Waals surface area (Å²) >= 11 is 0. The molecule has 4 nitrogen and oxygen atoms in total. The van der Waals surface area contributed by atoms with E-state index in [-0.39, 0.29) is 12.6 Å². The van der Waals surface area contributed by atoms with Crippen LogP contribution >= 0.6 is 0 Å². The second kappa shape index (κ2) is 5.95. The van der Waals surface area contributed by atoms with Crippen molar-refractivity contribution in [1.82, 2.24) is 4.90 Å². The third kappa shape index (κ3) is 2.93. The number of nitrogens with zero attached hydrogens (tertiary/aromatic N) is 1. The quantitative estimate of drug-likeness (QED) is 0.893. The molecule has 0 saturated heterocycles. The Morgan fingerprint density at radius 2 is 1.86 bits per heavy atom. The standard InChI is InChI=1S/C17H27NO3/c1-6-18(7-8-19)16-15(20)13-9-11(2)12(3)10-14(13)21-17(16,4)5/h9-10,15-16,19-20H,6-8H2,1-5H3. The summed E-state index contributed by atoms with van der Waals surface area (Å²) in [6, 6.07) is 3.85. The molecule has 1 aliphatic heterocycles. The summed E-state index contributed by atoms with van der Waals surface area (Å²) in [6.45, 7) is 11.5. The first-order valence-electron chi connectivity index (χ1n) is 7.65. The molecule has 2 unspecified atom stereocenters. The van der Waals surface area contributed by atoms with Crippen LogP contribution < -0.4 is 4.74 Å². The lowest BCUT2D eigenvalue weighted by Gasteiger charge is -2.48. The van der Waals surface area contributed by atoms with Gasteiger partial charge in [0.1, 0.15) is 17.5 Å². The van der Waals surface area contributed by atoms with Crippen LogP contribution in [0.3, 0.4) is 0 Å². The van der Waals surface area contributed by atoms with E-state index >= 15 is 0 Å². The van der Waals surface area contributed by atoms with Crippen LogP contribution in [0.2, 0.25) is 0 Å². The van der Waals surface area contributed by atoms with Gasteiger partial charge in [0.05, 0.1) is 12.6 Å². The fourth-order valence-electron chi connectivity index (χ4n) is 3.29. The fraction of sp³-hybridized carbons (Fsp3) is 0.647. The number of likely N-dealkylation sites (N-methyl/N-ethyl adjacent to an activating group) is 1. The molecule has 2 atom stereocenters. The minimum absolute atomic E-state index is 0.0763. The molecule has 1 aromatic carbocycles. The van der Waals surface area contributed by atoms with Crippen LogP contribution in [-0.4, -0.2) is 46.5 Å². The van der Waals surface area contributed by atoms with Gasteiger partial charge in [0.15, 0.2) is 0 Å². The number of aliphatic hydroxyl groups excluding tert-OH is 2. The normalized spacial score (nSPS) is 23.8. The van der Waals surface area contributed by atoms with Gasteiger partial charge in [0.25, 0.3) is 0 Å². The van der Waals surface area contributed by atoms with Crippen molar-refractivity contribution in [3.05, 3.63) is 28.8 Å². The molecule has 0 fully saturated rings. The van der Waals surface area contributed by atoms with E-state index in [4.69, 9.17) is 4.74 Å². The van der Waals surface area contributed by atoms with Crippen LogP contribution in [-0.2, 0) is 0 Å². The zero-order valence-electron chi connectivity index (χ0n) is 13.7. The number of ether oxygens (including phenoxy) is 1. The van der Waals surface area contributed by atoms with Gasteiger partial charge >= 0.3 is 0 Å². The minimum atomic E-state index is -0.616. The molecule has 0 aliphatic carbocycles. The zero-order valence-corrected chi connectivity index (χ0v) is 13.7. The highest BCUT2D eigenvalue weighted by atomic mass is 16.5. The molecule has 0 aromatic heterocycles. The number of aryl methyl sites for hydroxylation is 2. The lowest BCUT2D eigenvalue weighted by molar-refractivity contribution is -0.0841. The minimum Gasteiger partial charge on any atom is -0.486 e. The topological polar surface area (TPSA) is 52.9 Å². The first kappa shape index (κ1) is 16.3. The summed E-state index contributed by atoms with van der Waals surface area (Å²) in [4.78, 5) is 2.09. The molecule has 1 aromatic rings. The molecule has 0 amide bonds. The van der Waals surface area contributed by atoms with E-state index in [1.54, 1.807) is 0 Å². The van der Waals surface area contributed by atoms with Crippen LogP contribution in [0.15, 0.2) is 12.1 Å². The summed E-state index contributed by atoms with van der Waals surface area (Å²) in [7, 11) is 0. The van der Waals surface area contributed by atoms with Crippen molar-refractivity contribution in [2.24, 2.45) is 0 Å². The molecule has 0 spiro atoms. The lowest BCUT2D eigenvalue weighted by atomic mass is 9.84. The summed E-state index contributed by atoms with van der Waals surface area (Å²) in [5.41, 5.74) is 2.65. The average Bonchev–Trinajstić information content (AvgIpc) is 2.39. The summed E-state index contributed by atoms with van der Waals surface area (Å²) in [6.07, 6.45) is -0.616. The van der Waals surface area contributed by atoms with E-state index in [0.717, 1.165) is 29.0 Å². The number of fused-ring (bicyclic) bond motifs is 1. The van der Waals surface area contributed by atoms with Gasteiger partial charge in [0.2, 0.25) is 0 Å². The Kier molecular flexibility index (Phi) is 4.61. The molecule has 4 heteroatoms. The average molecular weight is 293 g/mol. The zero-order chi connectivity index (χ0) is 15.8. The van der Waals surface area contributed by atoms with Crippen LogP contribution in [0.4, 0.5) is 0 Å². The van der Waals surface area contributed by atoms with E-state index in [2.05, 4.69) is 11.8 Å². The highest BCUT2D eigenvalue weighted by Gasteiger charge is 2.46. The number of hydrogen-bond donors (Lipinski definition) is 2. The number of benzene rings is 1. The van der Waals surface area contributed by atoms with Gasteiger partial charge in [-0.15, -0.1) is 0 Å². The van der Waals surface area contributed by atoms with Crippen molar-refractivity contribution >= 4 is 0 Å². The summed E-state index contributed by atoms with van der Waals surface area (Å²) in [5.74, 6) is 0.770. The van der Waals surface area contributed by atoms with Crippen LogP contribution in [0.25, 0.3) is 0 Å². The first-order valence-corrected chi connectivity index (χ1v) is 7.65. The van der Waals surface area contributed by atoms with Gasteiger partial charge in [-0.3, -0.25) is 4.90 Å². The molecule has 118 valence electrons. The third-order valence-electron chi connectivity index (χ3n) is 4.52. The van der Waals surface area contributed by atoms with E-state index in [0.29, 0.717) is 6.54 Å². The Hall–Kier alpha value is -1.10. The smallest absolute Gasteiger partial charge is 0.126 e. The maximum Gasteiger partial charge on any atom is 0.126 e. The monoisotopic (exact) mass is 293 g/mol. The second-order valence-corrected chi connectivity index (χ2v) is 6.42. The largest absolute Gasteiger partial charge is 0.486 e. The number of hydrogen-bond acceptors (Lipinski definition) is 4. The van der Waals surface area contributed by atoms with Crippen LogP contribution in [0.5, 0.6) is 5.75 Å². The van der Waals surface area contributed by atoms with Gasteiger partial charge < -0.3 is 14.9 Å². The maximum absolute atomic E-state index is 10.9. The Bertz CT molecular complexity index is 513. The molecule has 2 rings (SSSR count). The molecule has 1 aliphatic rings. The van der Waals surface area contributed by atoms with Crippen LogP contribution in [0.1, 0.15) is 43.6 Å². The van der Waals surface area contributed by atoms with Crippen molar-refractivity contribution in [3.63, 3.8) is 0 Å². The molecule has 0 saturated carbocycles. The first-order chi connectivity index (χ1) is 9.81. The maximum atomic E-state index is 10.9. The van der Waals surface area contributed by atoms with Gasteiger partial charge in [-0.2, -0.15) is 0 Å². The summed E-state index contributed by atoms with van der Waals surface area (Å²) in [5, 5.41) is 20.2. The van der Waals surface area contributed by atoms with Gasteiger partial charge in [0, 0.05) is 12.1 Å².